The molecule has 1 fully saturated rings. The van der Waals surface area contributed by atoms with Crippen LogP contribution < -0.4 is 0 Å². The molecule has 1 aromatic heterocycles. The Morgan fingerprint density at radius 2 is 2.43 bits per heavy atom. The number of nitrogens with zero attached hydrogens (tertiary/aromatic N) is 2. The van der Waals surface area contributed by atoms with E-state index in [2.05, 4.69) is 16.9 Å². The van der Waals surface area contributed by atoms with Gasteiger partial charge in [0.1, 0.15) is 0 Å². The minimum Gasteiger partial charge on any atom is -0.301 e. The number of rotatable bonds is 4. The van der Waals surface area contributed by atoms with Gasteiger partial charge < -0.3 is 4.90 Å². The first-order valence-electron chi connectivity index (χ1n) is 4.94. The van der Waals surface area contributed by atoms with E-state index in [0.717, 1.165) is 12.5 Å². The van der Waals surface area contributed by atoms with Gasteiger partial charge in [-0.15, -0.1) is 22.9 Å². The van der Waals surface area contributed by atoms with Crippen LogP contribution in [0.1, 0.15) is 17.7 Å². The van der Waals surface area contributed by atoms with Gasteiger partial charge in [-0.05, 0) is 25.8 Å². The monoisotopic (exact) mass is 230 g/mol. The fourth-order valence-electron chi connectivity index (χ4n) is 1.89. The lowest BCUT2D eigenvalue weighted by Gasteiger charge is -2.33. The van der Waals surface area contributed by atoms with E-state index in [9.17, 15) is 0 Å². The second-order valence-electron chi connectivity index (χ2n) is 4.10. The summed E-state index contributed by atoms with van der Waals surface area (Å²) >= 11 is 7.67. The molecule has 0 aliphatic heterocycles. The molecule has 0 radical (unpaired) electrons. The van der Waals surface area contributed by atoms with E-state index in [1.165, 1.54) is 24.3 Å². The molecule has 1 heterocycles. The van der Waals surface area contributed by atoms with Crippen LogP contribution in [-0.2, 0) is 6.54 Å². The molecule has 1 aliphatic carbocycles. The molecule has 0 aromatic carbocycles. The van der Waals surface area contributed by atoms with Gasteiger partial charge in [0.2, 0.25) is 0 Å². The maximum atomic E-state index is 5.94. The van der Waals surface area contributed by atoms with Crippen LogP contribution in [0.25, 0.3) is 0 Å². The van der Waals surface area contributed by atoms with Crippen molar-refractivity contribution in [3.05, 3.63) is 16.6 Å². The lowest BCUT2D eigenvalue weighted by atomic mass is 9.84. The minimum absolute atomic E-state index is 0.441. The number of hydrogen-bond donors (Lipinski definition) is 0. The molecule has 4 heteroatoms. The normalized spacial score (nSPS) is 26.5. The molecule has 0 N–H and O–H groups in total. The van der Waals surface area contributed by atoms with E-state index in [1.54, 1.807) is 11.3 Å². The number of hydrogen-bond acceptors (Lipinski definition) is 3. The van der Waals surface area contributed by atoms with Crippen molar-refractivity contribution in [1.29, 1.82) is 0 Å². The molecule has 2 rings (SSSR count). The number of halogens is 1. The molecule has 0 amide bonds. The Balaban J connectivity index is 1.71. The molecule has 0 spiro atoms. The Morgan fingerprint density at radius 3 is 3.00 bits per heavy atom. The van der Waals surface area contributed by atoms with Crippen molar-refractivity contribution in [2.24, 2.45) is 5.92 Å². The maximum absolute atomic E-state index is 5.94. The molecule has 0 saturated heterocycles. The Hall–Kier alpha value is -0.120. The van der Waals surface area contributed by atoms with Crippen molar-refractivity contribution in [3.8, 4) is 0 Å². The minimum atomic E-state index is 0.441. The predicted octanol–water partition coefficient (Wildman–Crippen LogP) is 2.59. The van der Waals surface area contributed by atoms with Crippen LogP contribution in [0.4, 0.5) is 0 Å². The maximum Gasteiger partial charge on any atom is 0.0794 e. The summed E-state index contributed by atoms with van der Waals surface area (Å²) in [6.07, 6.45) is 4.33. The second-order valence-corrected chi connectivity index (χ2v) is 5.69. The van der Waals surface area contributed by atoms with Crippen LogP contribution in [0, 0.1) is 5.92 Å². The lowest BCUT2D eigenvalue weighted by molar-refractivity contribution is 0.205. The van der Waals surface area contributed by atoms with Gasteiger partial charge in [-0.3, -0.25) is 4.98 Å². The highest BCUT2D eigenvalue weighted by Gasteiger charge is 2.27. The van der Waals surface area contributed by atoms with Crippen LogP contribution in [0.15, 0.2) is 11.7 Å². The quantitative estimate of drug-likeness (QED) is 0.740. The highest BCUT2D eigenvalue weighted by Crippen LogP contribution is 2.32. The van der Waals surface area contributed by atoms with Crippen LogP contribution >= 0.6 is 22.9 Å². The number of aromatic nitrogens is 1. The summed E-state index contributed by atoms with van der Waals surface area (Å²) in [7, 11) is 2.17. The van der Waals surface area contributed by atoms with Crippen molar-refractivity contribution in [1.82, 2.24) is 9.88 Å². The Kier molecular flexibility index (Phi) is 3.42. The molecular formula is C10H15ClN2S. The van der Waals surface area contributed by atoms with Crippen LogP contribution in [-0.4, -0.2) is 28.9 Å². The zero-order valence-corrected chi connectivity index (χ0v) is 9.89. The first-order valence-corrected chi connectivity index (χ1v) is 6.25. The van der Waals surface area contributed by atoms with Gasteiger partial charge in [-0.1, -0.05) is 0 Å². The average Bonchev–Trinajstić information content (AvgIpc) is 2.54. The zero-order valence-electron chi connectivity index (χ0n) is 8.32. The van der Waals surface area contributed by atoms with E-state index in [-0.39, 0.29) is 0 Å². The van der Waals surface area contributed by atoms with Gasteiger partial charge in [0.05, 0.1) is 5.51 Å². The van der Waals surface area contributed by atoms with Crippen molar-refractivity contribution in [2.45, 2.75) is 24.8 Å². The fourth-order valence-corrected chi connectivity index (χ4v) is 3.07. The lowest BCUT2D eigenvalue weighted by Crippen LogP contribution is -2.34. The van der Waals surface area contributed by atoms with Crippen molar-refractivity contribution in [2.75, 3.05) is 13.6 Å². The largest absolute Gasteiger partial charge is 0.301 e. The summed E-state index contributed by atoms with van der Waals surface area (Å²) in [4.78, 5) is 7.78. The molecule has 0 bridgehead atoms. The fraction of sp³-hybridized carbons (Fsp3) is 0.700. The van der Waals surface area contributed by atoms with E-state index < -0.39 is 0 Å². The van der Waals surface area contributed by atoms with Crippen LogP contribution in [0.2, 0.25) is 0 Å². The third kappa shape index (κ3) is 2.69. The summed E-state index contributed by atoms with van der Waals surface area (Å²) in [5.74, 6) is 0.815. The molecule has 1 saturated carbocycles. The van der Waals surface area contributed by atoms with Gasteiger partial charge in [-0.2, -0.15) is 0 Å². The van der Waals surface area contributed by atoms with Gasteiger partial charge in [0.25, 0.3) is 0 Å². The Morgan fingerprint density at radius 1 is 1.64 bits per heavy atom. The zero-order chi connectivity index (χ0) is 9.97. The SMILES string of the molecule is CN(Cc1cncs1)CC1CC(Cl)C1. The molecule has 78 valence electrons. The Labute approximate surface area is 93.9 Å². The third-order valence-corrected chi connectivity index (χ3v) is 3.78. The molecule has 14 heavy (non-hydrogen) atoms. The molecule has 1 aliphatic rings. The summed E-state index contributed by atoms with van der Waals surface area (Å²) < 4.78 is 0. The molecule has 0 unspecified atom stereocenters. The highest BCUT2D eigenvalue weighted by atomic mass is 35.5. The van der Waals surface area contributed by atoms with E-state index in [0.29, 0.717) is 5.38 Å². The first kappa shape index (κ1) is 10.4. The summed E-state index contributed by atoms with van der Waals surface area (Å²) in [5.41, 5.74) is 1.89. The molecular weight excluding hydrogens is 216 g/mol. The molecule has 0 atom stereocenters. The third-order valence-electron chi connectivity index (χ3n) is 2.66. The first-order chi connectivity index (χ1) is 6.74. The summed E-state index contributed by atoms with van der Waals surface area (Å²) in [6, 6.07) is 0. The predicted molar refractivity (Wildman–Crippen MR) is 60.8 cm³/mol. The van der Waals surface area contributed by atoms with Gasteiger partial charge in [-0.25, -0.2) is 0 Å². The van der Waals surface area contributed by atoms with Gasteiger partial charge in [0.15, 0.2) is 0 Å². The van der Waals surface area contributed by atoms with Gasteiger partial charge in [0, 0.05) is 29.5 Å². The van der Waals surface area contributed by atoms with Gasteiger partial charge >= 0.3 is 0 Å². The Bertz CT molecular complexity index is 270. The topological polar surface area (TPSA) is 16.1 Å². The van der Waals surface area contributed by atoms with E-state index in [4.69, 9.17) is 11.6 Å². The average molecular weight is 231 g/mol. The van der Waals surface area contributed by atoms with Crippen LogP contribution in [0.3, 0.4) is 0 Å². The van der Waals surface area contributed by atoms with E-state index in [1.807, 2.05) is 11.7 Å². The smallest absolute Gasteiger partial charge is 0.0794 e. The number of thiazole rings is 1. The van der Waals surface area contributed by atoms with Crippen molar-refractivity contribution in [3.63, 3.8) is 0 Å². The second kappa shape index (κ2) is 4.60. The summed E-state index contributed by atoms with van der Waals surface area (Å²) in [6.45, 7) is 2.19. The van der Waals surface area contributed by atoms with Crippen molar-refractivity contribution >= 4 is 22.9 Å². The summed E-state index contributed by atoms with van der Waals surface area (Å²) in [5, 5.41) is 0.441. The van der Waals surface area contributed by atoms with E-state index >= 15 is 0 Å². The van der Waals surface area contributed by atoms with Crippen molar-refractivity contribution < 1.29 is 0 Å². The van der Waals surface area contributed by atoms with Crippen LogP contribution in [0.5, 0.6) is 0 Å². The standard InChI is InChI=1S/C10H15ClN2S/c1-13(5-8-2-9(11)3-8)6-10-4-12-7-14-10/h4,7-9H,2-3,5-6H2,1H3. The molecule has 1 aromatic rings. The number of alkyl halides is 1. The highest BCUT2D eigenvalue weighted by molar-refractivity contribution is 7.09. The molecule has 2 nitrogen and oxygen atoms in total.